The predicted molar refractivity (Wildman–Crippen MR) is 120 cm³/mol. The molecular weight excluding hydrogens is 376 g/mol. The Hall–Kier alpha value is -2.34. The standard InChI is InChI=1S/C24H36N4O2/c1-17(2)16-28-19(4)21(18(3)26-28)14-24(29)25-15-22(27-12-8-9-13-27)20-10-6-7-11-23(20)30-5/h6-7,10-11,17,22H,8-9,12-16H2,1-5H3,(H,25,29). The SMILES string of the molecule is COc1ccccc1C(CNC(=O)Cc1c(C)nn(CC(C)C)c1C)N1CCCC1. The molecule has 1 saturated heterocycles. The Bertz CT molecular complexity index is 853. The van der Waals surface area contributed by atoms with Crippen LogP contribution in [0.3, 0.4) is 0 Å². The molecule has 0 radical (unpaired) electrons. The highest BCUT2D eigenvalue weighted by molar-refractivity contribution is 5.79. The van der Waals surface area contributed by atoms with Crippen molar-refractivity contribution in [2.24, 2.45) is 5.92 Å². The number of rotatable bonds is 9. The van der Waals surface area contributed by atoms with Gasteiger partial charge in [0.05, 0.1) is 25.3 Å². The molecule has 6 nitrogen and oxygen atoms in total. The highest BCUT2D eigenvalue weighted by Gasteiger charge is 2.26. The number of aromatic nitrogens is 2. The summed E-state index contributed by atoms with van der Waals surface area (Å²) in [5.74, 6) is 1.45. The lowest BCUT2D eigenvalue weighted by Crippen LogP contribution is -2.37. The van der Waals surface area contributed by atoms with E-state index in [2.05, 4.69) is 42.2 Å². The van der Waals surface area contributed by atoms with Crippen molar-refractivity contribution in [3.05, 3.63) is 46.8 Å². The van der Waals surface area contributed by atoms with Crippen LogP contribution < -0.4 is 10.1 Å². The molecule has 1 aromatic carbocycles. The van der Waals surface area contributed by atoms with E-state index in [9.17, 15) is 4.79 Å². The summed E-state index contributed by atoms with van der Waals surface area (Å²) in [6.07, 6.45) is 2.77. The minimum atomic E-state index is 0.0457. The number of nitrogens with zero attached hydrogens (tertiary/aromatic N) is 3. The molecule has 3 rings (SSSR count). The molecule has 0 bridgehead atoms. The van der Waals surface area contributed by atoms with Crippen molar-refractivity contribution in [2.45, 2.75) is 59.5 Å². The minimum absolute atomic E-state index is 0.0457. The number of benzene rings is 1. The number of aryl methyl sites for hydroxylation is 1. The third-order valence-corrected chi connectivity index (χ3v) is 5.98. The number of carbonyl (C=O) groups is 1. The molecule has 1 amide bonds. The average molecular weight is 413 g/mol. The van der Waals surface area contributed by atoms with Crippen molar-refractivity contribution in [3.63, 3.8) is 0 Å². The van der Waals surface area contributed by atoms with Gasteiger partial charge >= 0.3 is 0 Å². The number of hydrogen-bond acceptors (Lipinski definition) is 4. The average Bonchev–Trinajstić information content (AvgIpc) is 3.33. The van der Waals surface area contributed by atoms with Crippen LogP contribution in [0.2, 0.25) is 0 Å². The zero-order valence-corrected chi connectivity index (χ0v) is 19.1. The summed E-state index contributed by atoms with van der Waals surface area (Å²) in [6, 6.07) is 8.26. The van der Waals surface area contributed by atoms with Gasteiger partial charge in [-0.3, -0.25) is 14.4 Å². The number of likely N-dealkylation sites (tertiary alicyclic amines) is 1. The van der Waals surface area contributed by atoms with Crippen molar-refractivity contribution in [2.75, 3.05) is 26.7 Å². The summed E-state index contributed by atoms with van der Waals surface area (Å²) in [6.45, 7) is 12.0. The van der Waals surface area contributed by atoms with Gasteiger partial charge in [0.15, 0.2) is 0 Å². The molecule has 1 unspecified atom stereocenters. The monoisotopic (exact) mass is 412 g/mol. The van der Waals surface area contributed by atoms with Crippen LogP contribution in [-0.4, -0.2) is 47.3 Å². The first-order valence-corrected chi connectivity index (χ1v) is 11.1. The fourth-order valence-electron chi connectivity index (χ4n) is 4.38. The number of hydrogen-bond donors (Lipinski definition) is 1. The summed E-state index contributed by atoms with van der Waals surface area (Å²) < 4.78 is 7.64. The molecule has 1 atom stereocenters. The molecule has 0 saturated carbocycles. The summed E-state index contributed by atoms with van der Waals surface area (Å²) in [5, 5.41) is 7.83. The van der Waals surface area contributed by atoms with Crippen molar-refractivity contribution < 1.29 is 9.53 Å². The van der Waals surface area contributed by atoms with Gasteiger partial charge in [0.2, 0.25) is 5.91 Å². The molecule has 1 aromatic heterocycles. The normalized spacial score (nSPS) is 15.5. The van der Waals surface area contributed by atoms with Crippen LogP contribution in [0.5, 0.6) is 5.75 Å². The maximum absolute atomic E-state index is 12.9. The third-order valence-electron chi connectivity index (χ3n) is 5.98. The maximum Gasteiger partial charge on any atom is 0.224 e. The highest BCUT2D eigenvalue weighted by atomic mass is 16.5. The van der Waals surface area contributed by atoms with Gasteiger partial charge in [-0.15, -0.1) is 0 Å². The molecule has 1 fully saturated rings. The molecule has 164 valence electrons. The zero-order chi connectivity index (χ0) is 21.7. The fraction of sp³-hybridized carbons (Fsp3) is 0.583. The van der Waals surface area contributed by atoms with Crippen molar-refractivity contribution in [1.82, 2.24) is 20.0 Å². The number of nitrogens with one attached hydrogen (secondary N) is 1. The van der Waals surface area contributed by atoms with Crippen LogP contribution in [0, 0.1) is 19.8 Å². The van der Waals surface area contributed by atoms with Gasteiger partial charge in [-0.05, 0) is 51.8 Å². The summed E-state index contributed by atoms with van der Waals surface area (Å²) in [5.41, 5.74) is 4.23. The number of carbonyl (C=O) groups excluding carboxylic acids is 1. The smallest absolute Gasteiger partial charge is 0.224 e. The Morgan fingerprint density at radius 1 is 1.20 bits per heavy atom. The van der Waals surface area contributed by atoms with Gasteiger partial charge in [0.1, 0.15) is 5.75 Å². The second-order valence-electron chi connectivity index (χ2n) is 8.71. The molecule has 0 aliphatic carbocycles. The Kier molecular flexibility index (Phi) is 7.53. The quantitative estimate of drug-likeness (QED) is 0.683. The lowest BCUT2D eigenvalue weighted by molar-refractivity contribution is -0.120. The zero-order valence-electron chi connectivity index (χ0n) is 19.1. The molecule has 0 spiro atoms. The largest absolute Gasteiger partial charge is 0.496 e. The number of amides is 1. The van der Waals surface area contributed by atoms with Gasteiger partial charge in [-0.25, -0.2) is 0 Å². The number of methoxy groups -OCH3 is 1. The van der Waals surface area contributed by atoms with E-state index in [4.69, 9.17) is 4.74 Å². The molecule has 2 heterocycles. The van der Waals surface area contributed by atoms with E-state index in [0.29, 0.717) is 18.9 Å². The summed E-state index contributed by atoms with van der Waals surface area (Å²) >= 11 is 0. The van der Waals surface area contributed by atoms with E-state index >= 15 is 0 Å². The van der Waals surface area contributed by atoms with Gasteiger partial charge < -0.3 is 10.1 Å². The molecule has 6 heteroatoms. The molecular formula is C24H36N4O2. The fourth-order valence-corrected chi connectivity index (χ4v) is 4.38. The van der Waals surface area contributed by atoms with E-state index in [1.54, 1.807) is 7.11 Å². The summed E-state index contributed by atoms with van der Waals surface area (Å²) in [4.78, 5) is 15.3. The van der Waals surface area contributed by atoms with E-state index in [1.165, 1.54) is 12.8 Å². The molecule has 1 aliphatic rings. The molecule has 1 aliphatic heterocycles. The van der Waals surface area contributed by atoms with Crippen molar-refractivity contribution >= 4 is 5.91 Å². The van der Waals surface area contributed by atoms with Gasteiger partial charge in [-0.1, -0.05) is 32.0 Å². The summed E-state index contributed by atoms with van der Waals surface area (Å²) in [7, 11) is 1.71. The van der Waals surface area contributed by atoms with Crippen LogP contribution in [0.4, 0.5) is 0 Å². The number of ether oxygens (including phenoxy) is 1. The first-order valence-electron chi connectivity index (χ1n) is 11.1. The van der Waals surface area contributed by atoms with E-state index in [1.807, 2.05) is 29.8 Å². The third kappa shape index (κ3) is 5.22. The minimum Gasteiger partial charge on any atom is -0.496 e. The molecule has 1 N–H and O–H groups in total. The van der Waals surface area contributed by atoms with Crippen LogP contribution >= 0.6 is 0 Å². The lowest BCUT2D eigenvalue weighted by Gasteiger charge is -2.29. The van der Waals surface area contributed by atoms with Crippen molar-refractivity contribution in [1.29, 1.82) is 0 Å². The molecule has 30 heavy (non-hydrogen) atoms. The highest BCUT2D eigenvalue weighted by Crippen LogP contribution is 2.31. The second kappa shape index (κ2) is 10.1. The first-order chi connectivity index (χ1) is 14.4. The molecule has 2 aromatic rings. The van der Waals surface area contributed by atoms with E-state index in [0.717, 1.165) is 47.9 Å². The van der Waals surface area contributed by atoms with Crippen LogP contribution in [0.15, 0.2) is 24.3 Å². The number of para-hydroxylation sites is 1. The Balaban J connectivity index is 1.70. The Morgan fingerprint density at radius 3 is 2.57 bits per heavy atom. The topological polar surface area (TPSA) is 59.4 Å². The Labute approximate surface area is 180 Å². The Morgan fingerprint density at radius 2 is 1.90 bits per heavy atom. The first kappa shape index (κ1) is 22.3. The lowest BCUT2D eigenvalue weighted by atomic mass is 10.0. The van der Waals surface area contributed by atoms with Crippen LogP contribution in [0.1, 0.15) is 55.2 Å². The predicted octanol–water partition coefficient (Wildman–Crippen LogP) is 3.66. The van der Waals surface area contributed by atoms with Gasteiger partial charge in [0.25, 0.3) is 0 Å². The maximum atomic E-state index is 12.9. The van der Waals surface area contributed by atoms with Crippen LogP contribution in [0.25, 0.3) is 0 Å². The van der Waals surface area contributed by atoms with E-state index < -0.39 is 0 Å². The van der Waals surface area contributed by atoms with Gasteiger partial charge in [-0.2, -0.15) is 5.10 Å². The van der Waals surface area contributed by atoms with E-state index in [-0.39, 0.29) is 11.9 Å². The van der Waals surface area contributed by atoms with Crippen molar-refractivity contribution in [3.8, 4) is 5.75 Å². The van der Waals surface area contributed by atoms with Gasteiger partial charge in [0, 0.05) is 29.9 Å². The second-order valence-corrected chi connectivity index (χ2v) is 8.71. The van der Waals surface area contributed by atoms with Crippen LogP contribution in [-0.2, 0) is 17.8 Å².